The monoisotopic (exact) mass is 356 g/mol. The number of aromatic nitrogens is 2. The van der Waals surface area contributed by atoms with Crippen molar-refractivity contribution in [3.05, 3.63) is 62.8 Å². The van der Waals surface area contributed by atoms with Gasteiger partial charge in [-0.25, -0.2) is 4.98 Å². The molecule has 0 saturated heterocycles. The van der Waals surface area contributed by atoms with Crippen LogP contribution in [0.5, 0.6) is 0 Å². The van der Waals surface area contributed by atoms with Crippen LogP contribution in [0.4, 0.5) is 0 Å². The zero-order valence-corrected chi connectivity index (χ0v) is 14.3. The van der Waals surface area contributed by atoms with Gasteiger partial charge in [-0.3, -0.25) is 14.4 Å². The number of H-pyrrole nitrogens is 1. The maximum atomic E-state index is 12.2. The minimum atomic E-state index is -0.283. The van der Waals surface area contributed by atoms with Gasteiger partial charge in [0, 0.05) is 7.05 Å². The van der Waals surface area contributed by atoms with Crippen LogP contribution in [0.25, 0.3) is 10.9 Å². The van der Waals surface area contributed by atoms with Gasteiger partial charge in [-0.05, 0) is 23.6 Å². The molecule has 0 aliphatic heterocycles. The highest BCUT2D eigenvalue weighted by Gasteiger charge is 2.14. The van der Waals surface area contributed by atoms with Crippen LogP contribution in [0.1, 0.15) is 15.5 Å². The Kier molecular flexibility index (Phi) is 4.90. The first-order chi connectivity index (χ1) is 12.0. The average molecular weight is 356 g/mol. The molecule has 128 valence electrons. The van der Waals surface area contributed by atoms with Gasteiger partial charge >= 0.3 is 0 Å². The molecule has 0 saturated carbocycles. The molecular formula is C17H16N4O3S. The summed E-state index contributed by atoms with van der Waals surface area (Å²) in [5.74, 6) is -0.168. The van der Waals surface area contributed by atoms with E-state index in [-0.39, 0.29) is 30.5 Å². The molecule has 2 N–H and O–H groups in total. The van der Waals surface area contributed by atoms with E-state index in [1.54, 1.807) is 48.8 Å². The van der Waals surface area contributed by atoms with Crippen molar-refractivity contribution < 1.29 is 9.59 Å². The smallest absolute Gasteiger partial charge is 0.261 e. The second kappa shape index (κ2) is 7.27. The van der Waals surface area contributed by atoms with Crippen molar-refractivity contribution in [1.82, 2.24) is 20.2 Å². The van der Waals surface area contributed by atoms with E-state index in [2.05, 4.69) is 15.3 Å². The summed E-state index contributed by atoms with van der Waals surface area (Å²) in [6.45, 7) is 0.0266. The number of amides is 2. The quantitative estimate of drug-likeness (QED) is 0.722. The van der Waals surface area contributed by atoms with Crippen molar-refractivity contribution >= 4 is 34.1 Å². The van der Waals surface area contributed by atoms with Crippen molar-refractivity contribution in [1.29, 1.82) is 0 Å². The Balaban J connectivity index is 1.63. The van der Waals surface area contributed by atoms with Gasteiger partial charge in [-0.1, -0.05) is 18.2 Å². The van der Waals surface area contributed by atoms with Crippen molar-refractivity contribution in [2.24, 2.45) is 0 Å². The molecular weight excluding hydrogens is 340 g/mol. The Morgan fingerprint density at radius 3 is 2.80 bits per heavy atom. The predicted molar refractivity (Wildman–Crippen MR) is 95.5 cm³/mol. The van der Waals surface area contributed by atoms with Crippen LogP contribution in [-0.2, 0) is 11.3 Å². The summed E-state index contributed by atoms with van der Waals surface area (Å²) in [7, 11) is 1.59. The summed E-state index contributed by atoms with van der Waals surface area (Å²) in [5.41, 5.74) is 0.334. The number of benzene rings is 1. The van der Waals surface area contributed by atoms with Crippen molar-refractivity contribution in [2.75, 3.05) is 13.6 Å². The lowest BCUT2D eigenvalue weighted by Crippen LogP contribution is -2.38. The summed E-state index contributed by atoms with van der Waals surface area (Å²) in [4.78, 5) is 45.1. The van der Waals surface area contributed by atoms with Crippen molar-refractivity contribution in [3.63, 3.8) is 0 Å². The van der Waals surface area contributed by atoms with Gasteiger partial charge in [0.2, 0.25) is 5.91 Å². The molecule has 1 aromatic carbocycles. The molecule has 0 fully saturated rings. The summed E-state index contributed by atoms with van der Waals surface area (Å²) >= 11 is 1.31. The van der Waals surface area contributed by atoms with Crippen LogP contribution >= 0.6 is 11.3 Å². The molecule has 2 amide bonds. The first-order valence-electron chi connectivity index (χ1n) is 7.58. The second-order valence-corrected chi connectivity index (χ2v) is 6.39. The third-order valence-corrected chi connectivity index (χ3v) is 4.49. The third-order valence-electron chi connectivity index (χ3n) is 3.62. The highest BCUT2D eigenvalue weighted by Crippen LogP contribution is 2.08. The number of aromatic amines is 1. The molecule has 3 rings (SSSR count). The van der Waals surface area contributed by atoms with Crippen molar-refractivity contribution in [2.45, 2.75) is 6.54 Å². The topological polar surface area (TPSA) is 95.2 Å². The predicted octanol–water partition coefficient (Wildman–Crippen LogP) is 1.37. The molecule has 0 atom stereocenters. The molecule has 0 bridgehead atoms. The SMILES string of the molecule is CN(Cc1nc2ccccc2c(=O)[nH]1)C(=O)CNC(=O)c1cccs1. The summed E-state index contributed by atoms with van der Waals surface area (Å²) in [6.07, 6.45) is 0. The number of rotatable bonds is 5. The number of nitrogens with one attached hydrogen (secondary N) is 2. The second-order valence-electron chi connectivity index (χ2n) is 5.44. The van der Waals surface area contributed by atoms with Gasteiger partial charge in [0.1, 0.15) is 5.82 Å². The Hall–Kier alpha value is -3.00. The maximum absolute atomic E-state index is 12.2. The molecule has 0 spiro atoms. The number of fused-ring (bicyclic) bond motifs is 1. The zero-order valence-electron chi connectivity index (χ0n) is 13.5. The van der Waals surface area contributed by atoms with E-state index in [9.17, 15) is 14.4 Å². The molecule has 2 aromatic heterocycles. The lowest BCUT2D eigenvalue weighted by Gasteiger charge is -2.17. The number of likely N-dealkylation sites (N-methyl/N-ethyl adjacent to an activating group) is 1. The van der Waals surface area contributed by atoms with Crippen LogP contribution in [0.3, 0.4) is 0 Å². The molecule has 0 aliphatic carbocycles. The van der Waals surface area contributed by atoms with Gasteiger partial charge < -0.3 is 15.2 Å². The number of para-hydroxylation sites is 1. The first-order valence-corrected chi connectivity index (χ1v) is 8.46. The third kappa shape index (κ3) is 3.92. The van der Waals surface area contributed by atoms with Gasteiger partial charge in [0.05, 0.1) is 28.9 Å². The summed E-state index contributed by atoms with van der Waals surface area (Å²) in [5, 5.41) is 4.88. The number of thiophene rings is 1. The van der Waals surface area contributed by atoms with Crippen LogP contribution < -0.4 is 10.9 Å². The molecule has 8 heteroatoms. The molecule has 0 aliphatic rings. The molecule has 2 heterocycles. The van der Waals surface area contributed by atoms with Crippen molar-refractivity contribution in [3.8, 4) is 0 Å². The van der Waals surface area contributed by atoms with Crippen LogP contribution in [0.2, 0.25) is 0 Å². The molecule has 0 radical (unpaired) electrons. The zero-order chi connectivity index (χ0) is 17.8. The van der Waals surface area contributed by atoms with Gasteiger partial charge in [0.15, 0.2) is 0 Å². The molecule has 7 nitrogen and oxygen atoms in total. The Labute approximate surface area is 147 Å². The van der Waals surface area contributed by atoms with Crippen LogP contribution in [0.15, 0.2) is 46.6 Å². The fourth-order valence-corrected chi connectivity index (χ4v) is 2.95. The number of hydrogen-bond acceptors (Lipinski definition) is 5. The van der Waals surface area contributed by atoms with E-state index >= 15 is 0 Å². The summed E-state index contributed by atoms with van der Waals surface area (Å²) in [6, 6.07) is 10.5. The van der Waals surface area contributed by atoms with Crippen LogP contribution in [0, 0.1) is 0 Å². The highest BCUT2D eigenvalue weighted by molar-refractivity contribution is 7.12. The minimum Gasteiger partial charge on any atom is -0.342 e. The maximum Gasteiger partial charge on any atom is 0.261 e. The standard InChI is InChI=1S/C17H16N4O3S/c1-21(15(22)9-18-17(24)13-7-4-8-25-13)10-14-19-12-6-3-2-5-11(12)16(23)20-14/h2-8H,9-10H2,1H3,(H,18,24)(H,19,20,23). The van der Waals surface area contributed by atoms with E-state index in [4.69, 9.17) is 0 Å². The van der Waals surface area contributed by atoms with E-state index in [1.165, 1.54) is 16.2 Å². The lowest BCUT2D eigenvalue weighted by atomic mass is 10.2. The largest absolute Gasteiger partial charge is 0.342 e. The number of carbonyl (C=O) groups excluding carboxylic acids is 2. The Morgan fingerprint density at radius 2 is 2.04 bits per heavy atom. The average Bonchev–Trinajstić information content (AvgIpc) is 3.14. The molecule has 0 unspecified atom stereocenters. The number of hydrogen-bond donors (Lipinski definition) is 2. The van der Waals surface area contributed by atoms with Gasteiger partial charge in [-0.15, -0.1) is 11.3 Å². The van der Waals surface area contributed by atoms with E-state index < -0.39 is 0 Å². The minimum absolute atomic E-state index is 0.120. The van der Waals surface area contributed by atoms with E-state index in [0.29, 0.717) is 21.6 Å². The Morgan fingerprint density at radius 1 is 1.24 bits per heavy atom. The molecule has 25 heavy (non-hydrogen) atoms. The number of carbonyl (C=O) groups is 2. The van der Waals surface area contributed by atoms with Crippen LogP contribution in [-0.4, -0.2) is 40.3 Å². The normalized spacial score (nSPS) is 10.6. The number of nitrogens with zero attached hydrogens (tertiary/aromatic N) is 2. The van der Waals surface area contributed by atoms with E-state index in [0.717, 1.165) is 0 Å². The lowest BCUT2D eigenvalue weighted by molar-refractivity contribution is -0.129. The fraction of sp³-hybridized carbons (Fsp3) is 0.176. The highest BCUT2D eigenvalue weighted by atomic mass is 32.1. The van der Waals surface area contributed by atoms with Gasteiger partial charge in [-0.2, -0.15) is 0 Å². The first kappa shape index (κ1) is 16.8. The Bertz CT molecular complexity index is 965. The fourth-order valence-electron chi connectivity index (χ4n) is 2.31. The van der Waals surface area contributed by atoms with E-state index in [1.807, 2.05) is 0 Å². The summed E-state index contributed by atoms with van der Waals surface area (Å²) < 4.78 is 0. The molecule has 3 aromatic rings. The van der Waals surface area contributed by atoms with Gasteiger partial charge in [0.25, 0.3) is 11.5 Å².